The zero-order valence-electron chi connectivity index (χ0n) is 17.2. The van der Waals surface area contributed by atoms with Crippen molar-refractivity contribution in [1.82, 2.24) is 10.3 Å². The average molecular weight is 464 g/mol. The molecule has 0 bridgehead atoms. The SMILES string of the molecule is COc1ccc(C(=O)N2CCC(C(=O)N/N=C\c3ccc(Cl)c(Cl)c3)CC2)cc1OC. The molecule has 0 atom stereocenters. The highest BCUT2D eigenvalue weighted by Gasteiger charge is 2.28. The van der Waals surface area contributed by atoms with Crippen LogP contribution in [0.3, 0.4) is 0 Å². The lowest BCUT2D eigenvalue weighted by atomic mass is 9.95. The Labute approximate surface area is 190 Å². The molecular weight excluding hydrogens is 441 g/mol. The van der Waals surface area contributed by atoms with E-state index in [0.29, 0.717) is 53.0 Å². The Morgan fingerprint density at radius 2 is 1.74 bits per heavy atom. The zero-order valence-corrected chi connectivity index (χ0v) is 18.7. The summed E-state index contributed by atoms with van der Waals surface area (Å²) < 4.78 is 10.5. The summed E-state index contributed by atoms with van der Waals surface area (Å²) in [6.07, 6.45) is 2.64. The summed E-state index contributed by atoms with van der Waals surface area (Å²) in [5.74, 6) is 0.589. The van der Waals surface area contributed by atoms with Gasteiger partial charge in [0.05, 0.1) is 30.5 Å². The average Bonchev–Trinajstić information content (AvgIpc) is 2.80. The molecule has 3 rings (SSSR count). The lowest BCUT2D eigenvalue weighted by Crippen LogP contribution is -2.42. The minimum absolute atomic E-state index is 0.0996. The predicted octanol–water partition coefficient (Wildman–Crippen LogP) is 4.01. The van der Waals surface area contributed by atoms with Gasteiger partial charge < -0.3 is 14.4 Å². The lowest BCUT2D eigenvalue weighted by molar-refractivity contribution is -0.126. The molecule has 1 heterocycles. The van der Waals surface area contributed by atoms with Gasteiger partial charge in [-0.05, 0) is 48.7 Å². The molecule has 1 fully saturated rings. The predicted molar refractivity (Wildman–Crippen MR) is 120 cm³/mol. The molecular formula is C22H23Cl2N3O4. The van der Waals surface area contributed by atoms with Crippen molar-refractivity contribution in [3.8, 4) is 11.5 Å². The number of nitrogens with zero attached hydrogens (tertiary/aromatic N) is 2. The number of carbonyl (C=O) groups is 2. The first kappa shape index (κ1) is 22.9. The molecule has 0 spiro atoms. The molecule has 1 aliphatic rings. The maximum Gasteiger partial charge on any atom is 0.253 e. The van der Waals surface area contributed by atoms with E-state index in [1.165, 1.54) is 13.3 Å². The second-order valence-electron chi connectivity index (χ2n) is 7.04. The number of likely N-dealkylation sites (tertiary alicyclic amines) is 1. The van der Waals surface area contributed by atoms with Crippen LogP contribution in [0.15, 0.2) is 41.5 Å². The molecule has 0 saturated carbocycles. The van der Waals surface area contributed by atoms with Gasteiger partial charge in [-0.3, -0.25) is 9.59 Å². The Morgan fingerprint density at radius 1 is 1.03 bits per heavy atom. The molecule has 1 N–H and O–H groups in total. The molecule has 164 valence electrons. The number of amides is 2. The van der Waals surface area contributed by atoms with Crippen molar-refractivity contribution in [3.63, 3.8) is 0 Å². The Hall–Kier alpha value is -2.77. The van der Waals surface area contributed by atoms with Crippen molar-refractivity contribution < 1.29 is 19.1 Å². The van der Waals surface area contributed by atoms with Crippen LogP contribution in [0.25, 0.3) is 0 Å². The summed E-state index contributed by atoms with van der Waals surface area (Å²) in [5.41, 5.74) is 3.81. The van der Waals surface area contributed by atoms with E-state index in [-0.39, 0.29) is 17.7 Å². The fourth-order valence-electron chi connectivity index (χ4n) is 3.35. The molecule has 0 radical (unpaired) electrons. The van der Waals surface area contributed by atoms with Gasteiger partial charge in [0, 0.05) is 24.6 Å². The van der Waals surface area contributed by atoms with E-state index in [2.05, 4.69) is 10.5 Å². The number of nitrogens with one attached hydrogen (secondary N) is 1. The maximum absolute atomic E-state index is 12.8. The molecule has 0 unspecified atom stereocenters. The highest BCUT2D eigenvalue weighted by atomic mass is 35.5. The van der Waals surface area contributed by atoms with Gasteiger partial charge in [-0.2, -0.15) is 5.10 Å². The Morgan fingerprint density at radius 3 is 2.39 bits per heavy atom. The van der Waals surface area contributed by atoms with Crippen LogP contribution in [0.4, 0.5) is 0 Å². The lowest BCUT2D eigenvalue weighted by Gasteiger charge is -2.31. The second kappa shape index (κ2) is 10.5. The standard InChI is InChI=1S/C22H23Cl2N3O4/c1-30-19-6-4-16(12-20(19)31-2)22(29)27-9-7-15(8-10-27)21(28)26-25-13-14-3-5-17(23)18(24)11-14/h3-6,11-13,15H,7-10H2,1-2H3,(H,26,28)/b25-13-. The molecule has 7 nitrogen and oxygen atoms in total. The van der Waals surface area contributed by atoms with Crippen molar-refractivity contribution in [2.45, 2.75) is 12.8 Å². The number of hydrogen-bond donors (Lipinski definition) is 1. The second-order valence-corrected chi connectivity index (χ2v) is 7.86. The number of carbonyl (C=O) groups excluding carboxylic acids is 2. The fraction of sp³-hybridized carbons (Fsp3) is 0.318. The molecule has 2 aromatic carbocycles. The smallest absolute Gasteiger partial charge is 0.253 e. The summed E-state index contributed by atoms with van der Waals surface area (Å²) in [7, 11) is 3.07. The largest absolute Gasteiger partial charge is 0.493 e. The van der Waals surface area contributed by atoms with Gasteiger partial charge >= 0.3 is 0 Å². The molecule has 2 amide bonds. The first-order valence-corrected chi connectivity index (χ1v) is 10.5. The number of methoxy groups -OCH3 is 2. The molecule has 2 aromatic rings. The van der Waals surface area contributed by atoms with Gasteiger partial charge in [-0.25, -0.2) is 5.43 Å². The van der Waals surface area contributed by atoms with E-state index < -0.39 is 0 Å². The van der Waals surface area contributed by atoms with Crippen LogP contribution in [-0.2, 0) is 4.79 Å². The molecule has 1 aliphatic heterocycles. The minimum atomic E-state index is -0.208. The first-order chi connectivity index (χ1) is 14.9. The molecule has 1 saturated heterocycles. The quantitative estimate of drug-likeness (QED) is 0.518. The van der Waals surface area contributed by atoms with Crippen molar-refractivity contribution in [2.75, 3.05) is 27.3 Å². The van der Waals surface area contributed by atoms with Gasteiger partial charge in [-0.1, -0.05) is 29.3 Å². The molecule has 9 heteroatoms. The Balaban J connectivity index is 1.52. The molecule has 31 heavy (non-hydrogen) atoms. The Kier molecular flexibility index (Phi) is 7.76. The van der Waals surface area contributed by atoms with E-state index in [4.69, 9.17) is 32.7 Å². The highest BCUT2D eigenvalue weighted by Crippen LogP contribution is 2.29. The van der Waals surface area contributed by atoms with Crippen LogP contribution in [0.5, 0.6) is 11.5 Å². The summed E-state index contributed by atoms with van der Waals surface area (Å²) in [4.78, 5) is 27.0. The van der Waals surface area contributed by atoms with Crippen molar-refractivity contribution in [3.05, 3.63) is 57.6 Å². The number of ether oxygens (including phenoxy) is 2. The number of piperidine rings is 1. The summed E-state index contributed by atoms with van der Waals surface area (Å²) in [5, 5.41) is 4.87. The number of benzene rings is 2. The van der Waals surface area contributed by atoms with Crippen molar-refractivity contribution in [2.24, 2.45) is 11.0 Å². The summed E-state index contributed by atoms with van der Waals surface area (Å²) in [6, 6.07) is 10.2. The normalized spacial score (nSPS) is 14.5. The van der Waals surface area contributed by atoms with E-state index in [1.54, 1.807) is 48.4 Å². The van der Waals surface area contributed by atoms with Crippen LogP contribution in [0.2, 0.25) is 10.0 Å². The van der Waals surface area contributed by atoms with E-state index in [0.717, 1.165) is 5.56 Å². The van der Waals surface area contributed by atoms with Crippen molar-refractivity contribution in [1.29, 1.82) is 0 Å². The number of halogens is 2. The van der Waals surface area contributed by atoms with Crippen LogP contribution in [0.1, 0.15) is 28.8 Å². The van der Waals surface area contributed by atoms with Gasteiger partial charge in [0.2, 0.25) is 5.91 Å². The number of rotatable bonds is 6. The third-order valence-electron chi connectivity index (χ3n) is 5.12. The van der Waals surface area contributed by atoms with Crippen LogP contribution in [-0.4, -0.2) is 50.2 Å². The zero-order chi connectivity index (χ0) is 22.4. The van der Waals surface area contributed by atoms with Gasteiger partial charge in [0.1, 0.15) is 0 Å². The third-order valence-corrected chi connectivity index (χ3v) is 5.85. The number of hydrogen-bond acceptors (Lipinski definition) is 5. The van der Waals surface area contributed by atoms with Crippen LogP contribution in [0, 0.1) is 5.92 Å². The fourth-order valence-corrected chi connectivity index (χ4v) is 3.66. The third kappa shape index (κ3) is 5.68. The Bertz CT molecular complexity index is 989. The topological polar surface area (TPSA) is 80.2 Å². The number of hydrazone groups is 1. The van der Waals surface area contributed by atoms with E-state index in [1.807, 2.05) is 0 Å². The monoisotopic (exact) mass is 463 g/mol. The highest BCUT2D eigenvalue weighted by molar-refractivity contribution is 6.42. The van der Waals surface area contributed by atoms with Crippen LogP contribution < -0.4 is 14.9 Å². The minimum Gasteiger partial charge on any atom is -0.493 e. The first-order valence-electron chi connectivity index (χ1n) is 9.72. The maximum atomic E-state index is 12.8. The van der Waals surface area contributed by atoms with Gasteiger partial charge in [0.15, 0.2) is 11.5 Å². The van der Waals surface area contributed by atoms with Crippen molar-refractivity contribution >= 4 is 41.2 Å². The van der Waals surface area contributed by atoms with E-state index in [9.17, 15) is 9.59 Å². The van der Waals surface area contributed by atoms with Gasteiger partial charge in [-0.15, -0.1) is 0 Å². The summed E-state index contributed by atoms with van der Waals surface area (Å²) in [6.45, 7) is 0.976. The summed E-state index contributed by atoms with van der Waals surface area (Å²) >= 11 is 11.8. The van der Waals surface area contributed by atoms with Gasteiger partial charge in [0.25, 0.3) is 5.91 Å². The van der Waals surface area contributed by atoms with E-state index >= 15 is 0 Å². The van der Waals surface area contributed by atoms with Crippen LogP contribution >= 0.6 is 23.2 Å². The molecule has 0 aromatic heterocycles. The molecule has 0 aliphatic carbocycles.